The Morgan fingerprint density at radius 2 is 1.65 bits per heavy atom. The topological polar surface area (TPSA) is 66.9 Å². The van der Waals surface area contributed by atoms with E-state index in [1.807, 2.05) is 0 Å². The summed E-state index contributed by atoms with van der Waals surface area (Å²) in [5.41, 5.74) is -2.83. The smallest absolute Gasteiger partial charge is 0.322 e. The molecule has 0 aliphatic rings. The summed E-state index contributed by atoms with van der Waals surface area (Å²) in [5, 5.41) is 5.34. The van der Waals surface area contributed by atoms with Gasteiger partial charge in [0.2, 0.25) is 0 Å². The third-order valence-corrected chi connectivity index (χ3v) is 5.69. The molecule has 0 fully saturated rings. The van der Waals surface area contributed by atoms with Crippen LogP contribution >= 0.6 is 11.6 Å². The fraction of sp³-hybridized carbons (Fsp3) is 0.115. The van der Waals surface area contributed by atoms with E-state index >= 15 is 0 Å². The molecule has 4 aromatic rings. The fourth-order valence-corrected chi connectivity index (χ4v) is 3.96. The lowest BCUT2D eigenvalue weighted by Gasteiger charge is -2.35. The van der Waals surface area contributed by atoms with Gasteiger partial charge in [0.25, 0.3) is 0 Å². The predicted octanol–water partition coefficient (Wildman–Crippen LogP) is 6.74. The van der Waals surface area contributed by atoms with Gasteiger partial charge in [-0.05, 0) is 66.2 Å². The normalized spacial score (nSPS) is 13.0. The van der Waals surface area contributed by atoms with E-state index in [0.717, 1.165) is 18.2 Å². The first-order valence-corrected chi connectivity index (χ1v) is 11.2. The van der Waals surface area contributed by atoms with E-state index in [2.05, 4.69) is 20.6 Å². The third-order valence-electron chi connectivity index (χ3n) is 5.46. The Balaban J connectivity index is 1.91. The molecule has 11 heteroatoms. The first-order chi connectivity index (χ1) is 17.5. The molecule has 0 radical (unpaired) electrons. The number of nitrogens with zero attached hydrogens (tertiary/aromatic N) is 2. The van der Waals surface area contributed by atoms with Gasteiger partial charge in [0, 0.05) is 30.2 Å². The van der Waals surface area contributed by atoms with Crippen LogP contribution in [0.5, 0.6) is 0 Å². The van der Waals surface area contributed by atoms with Crippen molar-refractivity contribution in [2.24, 2.45) is 0 Å². The lowest BCUT2D eigenvalue weighted by Crippen LogP contribution is -2.51. The summed E-state index contributed by atoms with van der Waals surface area (Å²) in [6, 6.07) is 13.8. The summed E-state index contributed by atoms with van der Waals surface area (Å²) >= 11 is 5.99. The molecule has 2 aromatic carbocycles. The molecule has 0 spiro atoms. The van der Waals surface area contributed by atoms with Crippen molar-refractivity contribution < 1.29 is 26.7 Å². The highest BCUT2D eigenvalue weighted by atomic mass is 35.5. The second kappa shape index (κ2) is 10.5. The zero-order chi connectivity index (χ0) is 26.6. The Labute approximate surface area is 213 Å². The Morgan fingerprint density at radius 3 is 2.30 bits per heavy atom. The van der Waals surface area contributed by atoms with Crippen molar-refractivity contribution in [3.63, 3.8) is 0 Å². The summed E-state index contributed by atoms with van der Waals surface area (Å²) in [6.45, 7) is 0. The number of anilines is 1. The molecule has 1 atom stereocenters. The van der Waals surface area contributed by atoms with Crippen molar-refractivity contribution in [3.8, 4) is 0 Å². The van der Waals surface area contributed by atoms with Gasteiger partial charge in [0.05, 0.1) is 16.3 Å². The maximum Gasteiger partial charge on any atom is 0.416 e. The summed E-state index contributed by atoms with van der Waals surface area (Å²) in [7, 11) is 0. The predicted molar refractivity (Wildman–Crippen MR) is 128 cm³/mol. The maximum atomic E-state index is 14.6. The number of aromatic nitrogens is 2. The van der Waals surface area contributed by atoms with E-state index in [4.69, 9.17) is 11.6 Å². The minimum absolute atomic E-state index is 0.0654. The number of carbonyl (C=O) groups excluding carboxylic acids is 1. The fourth-order valence-electron chi connectivity index (χ4n) is 3.85. The van der Waals surface area contributed by atoms with E-state index < -0.39 is 34.9 Å². The van der Waals surface area contributed by atoms with Crippen molar-refractivity contribution in [2.45, 2.75) is 18.1 Å². The summed E-state index contributed by atoms with van der Waals surface area (Å²) < 4.78 is 69.2. The number of rotatable bonds is 6. The van der Waals surface area contributed by atoms with Crippen LogP contribution in [0.3, 0.4) is 0 Å². The number of urea groups is 1. The van der Waals surface area contributed by atoms with Crippen molar-refractivity contribution in [1.29, 1.82) is 0 Å². The molecule has 0 saturated heterocycles. The molecule has 37 heavy (non-hydrogen) atoms. The largest absolute Gasteiger partial charge is 0.416 e. The Hall–Kier alpha value is -4.05. The van der Waals surface area contributed by atoms with E-state index in [9.17, 15) is 26.7 Å². The maximum absolute atomic E-state index is 14.6. The van der Waals surface area contributed by atoms with Gasteiger partial charge < -0.3 is 10.6 Å². The average Bonchev–Trinajstić information content (AvgIpc) is 2.84. The number of nitrogens with one attached hydrogen (secondary N) is 2. The van der Waals surface area contributed by atoms with Crippen LogP contribution in [-0.2, 0) is 18.1 Å². The third kappa shape index (κ3) is 6.21. The van der Waals surface area contributed by atoms with Crippen LogP contribution in [0.4, 0.5) is 32.4 Å². The molecule has 0 aliphatic heterocycles. The molecule has 0 bridgehead atoms. The number of hydrogen-bond donors (Lipinski definition) is 2. The highest BCUT2D eigenvalue weighted by Gasteiger charge is 2.41. The first-order valence-electron chi connectivity index (χ1n) is 10.8. The van der Waals surface area contributed by atoms with Gasteiger partial charge in [0.1, 0.15) is 17.2 Å². The van der Waals surface area contributed by atoms with E-state index in [-0.39, 0.29) is 28.4 Å². The minimum Gasteiger partial charge on any atom is -0.322 e. The van der Waals surface area contributed by atoms with Crippen LogP contribution in [-0.4, -0.2) is 16.0 Å². The molecule has 0 saturated carbocycles. The number of hydrogen-bond acceptors (Lipinski definition) is 3. The highest BCUT2D eigenvalue weighted by Crippen LogP contribution is 2.37. The summed E-state index contributed by atoms with van der Waals surface area (Å²) in [5.74, 6) is -1.78. The monoisotopic (exact) mass is 532 g/mol. The number of halogens is 6. The van der Waals surface area contributed by atoms with Crippen molar-refractivity contribution in [1.82, 2.24) is 15.3 Å². The van der Waals surface area contributed by atoms with E-state index in [0.29, 0.717) is 11.8 Å². The van der Waals surface area contributed by atoms with E-state index in [1.165, 1.54) is 42.7 Å². The van der Waals surface area contributed by atoms with Crippen molar-refractivity contribution in [2.75, 3.05) is 5.32 Å². The van der Waals surface area contributed by atoms with E-state index in [1.54, 1.807) is 18.2 Å². The van der Waals surface area contributed by atoms with Gasteiger partial charge in [-0.25, -0.2) is 13.6 Å². The van der Waals surface area contributed by atoms with Gasteiger partial charge in [0.15, 0.2) is 0 Å². The highest BCUT2D eigenvalue weighted by molar-refractivity contribution is 6.30. The molecule has 5 nitrogen and oxygen atoms in total. The second-order valence-corrected chi connectivity index (χ2v) is 8.52. The number of carbonyl (C=O) groups is 1. The van der Waals surface area contributed by atoms with Crippen LogP contribution < -0.4 is 10.6 Å². The van der Waals surface area contributed by atoms with Gasteiger partial charge in [-0.15, -0.1) is 0 Å². The van der Waals surface area contributed by atoms with Gasteiger partial charge in [-0.2, -0.15) is 13.2 Å². The van der Waals surface area contributed by atoms with Crippen LogP contribution in [0.1, 0.15) is 22.5 Å². The molecule has 2 aromatic heterocycles. The van der Waals surface area contributed by atoms with Crippen molar-refractivity contribution in [3.05, 3.63) is 124 Å². The number of pyridine rings is 2. The quantitative estimate of drug-likeness (QED) is 0.270. The number of benzene rings is 2. The lowest BCUT2D eigenvalue weighted by atomic mass is 9.81. The molecule has 4 rings (SSSR count). The Morgan fingerprint density at radius 1 is 0.865 bits per heavy atom. The zero-order valence-corrected chi connectivity index (χ0v) is 19.6. The molecule has 0 aliphatic carbocycles. The van der Waals surface area contributed by atoms with Gasteiger partial charge in [-0.3, -0.25) is 9.97 Å². The molecular formula is C26H18ClF5N4O. The first kappa shape index (κ1) is 26.0. The average molecular weight is 533 g/mol. The van der Waals surface area contributed by atoms with Gasteiger partial charge in [-0.1, -0.05) is 23.7 Å². The molecule has 2 N–H and O–H groups in total. The molecule has 190 valence electrons. The molecular weight excluding hydrogens is 515 g/mol. The van der Waals surface area contributed by atoms with Gasteiger partial charge >= 0.3 is 12.2 Å². The SMILES string of the molecule is O=C(Nc1cccc(F)c1)N[C@](Cc1ccccn1)(c1cc(F)cc(C(F)(F)F)c1)c1ccc(Cl)cn1. The minimum atomic E-state index is -4.87. The molecule has 0 unspecified atom stereocenters. The Bertz CT molecular complexity index is 1400. The van der Waals surface area contributed by atoms with Crippen LogP contribution in [0.2, 0.25) is 5.02 Å². The van der Waals surface area contributed by atoms with Crippen molar-refractivity contribution >= 4 is 23.3 Å². The summed E-state index contributed by atoms with van der Waals surface area (Å²) in [6.07, 6.45) is -2.36. The number of amides is 2. The lowest BCUT2D eigenvalue weighted by molar-refractivity contribution is -0.137. The zero-order valence-electron chi connectivity index (χ0n) is 18.9. The van der Waals surface area contributed by atoms with Crippen LogP contribution in [0.15, 0.2) is 85.2 Å². The second-order valence-electron chi connectivity index (χ2n) is 8.08. The van der Waals surface area contributed by atoms with Crippen LogP contribution in [0.25, 0.3) is 0 Å². The Kier molecular flexibility index (Phi) is 7.40. The molecule has 2 heterocycles. The summed E-state index contributed by atoms with van der Waals surface area (Å²) in [4.78, 5) is 21.7. The standard InChI is InChI=1S/C26H18ClF5N4O/c27-18-7-8-23(34-15-18)25(14-22-5-1-2-9-33-22,16-10-17(26(30,31)32)12-20(29)11-16)36-24(37)35-21-6-3-4-19(28)13-21/h1-13,15H,14H2,(H2,35,36,37)/t25-/m1/s1. The number of alkyl halides is 3. The van der Waals surface area contributed by atoms with Crippen LogP contribution in [0, 0.1) is 11.6 Å². The molecule has 2 amide bonds.